The fourth-order valence-corrected chi connectivity index (χ4v) is 4.94. The maximum Gasteiger partial charge on any atom is 0.224 e. The van der Waals surface area contributed by atoms with Crippen molar-refractivity contribution in [3.63, 3.8) is 0 Å². The van der Waals surface area contributed by atoms with Gasteiger partial charge in [-0.3, -0.25) is 4.79 Å². The van der Waals surface area contributed by atoms with Crippen LogP contribution >= 0.6 is 0 Å². The molecule has 0 unspecified atom stereocenters. The average Bonchev–Trinajstić information content (AvgIpc) is 2.72. The van der Waals surface area contributed by atoms with Crippen molar-refractivity contribution >= 4 is 15.9 Å². The summed E-state index contributed by atoms with van der Waals surface area (Å²) >= 11 is 0. The largest absolute Gasteiger partial charge is 0.493 e. The fourth-order valence-electron chi connectivity index (χ4n) is 3.61. The maximum atomic E-state index is 12.8. The molecule has 0 atom stereocenters. The Morgan fingerprint density at radius 3 is 2.47 bits per heavy atom. The highest BCUT2D eigenvalue weighted by Crippen LogP contribution is 2.33. The van der Waals surface area contributed by atoms with Crippen molar-refractivity contribution in [1.82, 2.24) is 9.62 Å². The summed E-state index contributed by atoms with van der Waals surface area (Å²) in [4.78, 5) is 12.1. The first-order valence-corrected chi connectivity index (χ1v) is 11.5. The van der Waals surface area contributed by atoms with Crippen molar-refractivity contribution in [2.75, 3.05) is 33.1 Å². The summed E-state index contributed by atoms with van der Waals surface area (Å²) < 4.78 is 37.7. The SMILES string of the molecule is COc1cc2c(cc1OC)CN(S(=O)(=O)CCNC(=O)Cc1cccc(C)c1)CC2. The first-order valence-electron chi connectivity index (χ1n) is 9.86. The zero-order valence-electron chi connectivity index (χ0n) is 17.6. The van der Waals surface area contributed by atoms with Crippen molar-refractivity contribution in [2.24, 2.45) is 0 Å². The first kappa shape index (κ1) is 22.1. The molecule has 0 aliphatic carbocycles. The van der Waals surface area contributed by atoms with Crippen LogP contribution in [0.4, 0.5) is 0 Å². The molecule has 3 rings (SSSR count). The van der Waals surface area contributed by atoms with Gasteiger partial charge in [-0.15, -0.1) is 0 Å². The Labute approximate surface area is 178 Å². The standard InChI is InChI=1S/C22H28N2O5S/c1-16-5-4-6-17(11-16)12-22(25)23-8-10-30(26,27)24-9-7-18-13-20(28-2)21(29-3)14-19(18)15-24/h4-6,11,13-14H,7-10,12,15H2,1-3H3,(H,23,25). The fraction of sp³-hybridized carbons (Fsp3) is 0.409. The van der Waals surface area contributed by atoms with E-state index in [0.717, 1.165) is 22.3 Å². The van der Waals surface area contributed by atoms with Crippen molar-refractivity contribution in [2.45, 2.75) is 26.3 Å². The normalized spacial score (nSPS) is 14.1. The van der Waals surface area contributed by atoms with E-state index in [1.165, 1.54) is 4.31 Å². The van der Waals surface area contributed by atoms with Crippen molar-refractivity contribution in [3.05, 3.63) is 58.7 Å². The number of aryl methyl sites for hydroxylation is 1. The van der Waals surface area contributed by atoms with E-state index in [4.69, 9.17) is 9.47 Å². The molecule has 1 aliphatic rings. The summed E-state index contributed by atoms with van der Waals surface area (Å²) in [6.45, 7) is 2.75. The lowest BCUT2D eigenvalue weighted by Gasteiger charge is -2.29. The number of carbonyl (C=O) groups is 1. The highest BCUT2D eigenvalue weighted by Gasteiger charge is 2.27. The summed E-state index contributed by atoms with van der Waals surface area (Å²) in [7, 11) is -0.353. The molecule has 0 saturated carbocycles. The van der Waals surface area contributed by atoms with Crippen LogP contribution in [-0.4, -0.2) is 51.7 Å². The van der Waals surface area contributed by atoms with Gasteiger partial charge in [-0.1, -0.05) is 29.8 Å². The van der Waals surface area contributed by atoms with Gasteiger partial charge in [0, 0.05) is 19.6 Å². The van der Waals surface area contributed by atoms with Gasteiger partial charge in [0.05, 0.1) is 26.4 Å². The van der Waals surface area contributed by atoms with Gasteiger partial charge in [0.2, 0.25) is 15.9 Å². The summed E-state index contributed by atoms with van der Waals surface area (Å²) in [6, 6.07) is 11.4. The monoisotopic (exact) mass is 432 g/mol. The number of nitrogens with one attached hydrogen (secondary N) is 1. The highest BCUT2D eigenvalue weighted by molar-refractivity contribution is 7.89. The Bertz CT molecular complexity index is 1020. The maximum absolute atomic E-state index is 12.8. The van der Waals surface area contributed by atoms with E-state index in [2.05, 4.69) is 5.32 Å². The molecule has 2 aromatic rings. The van der Waals surface area contributed by atoms with E-state index in [9.17, 15) is 13.2 Å². The van der Waals surface area contributed by atoms with Crippen molar-refractivity contribution < 1.29 is 22.7 Å². The zero-order valence-corrected chi connectivity index (χ0v) is 18.4. The van der Waals surface area contributed by atoms with E-state index >= 15 is 0 Å². The number of amides is 1. The summed E-state index contributed by atoms with van der Waals surface area (Å²) in [5, 5.41) is 2.72. The lowest BCUT2D eigenvalue weighted by atomic mass is 10.0. The van der Waals surface area contributed by atoms with E-state index in [-0.39, 0.29) is 31.2 Å². The number of hydrogen-bond acceptors (Lipinski definition) is 5. The molecule has 0 fully saturated rings. The van der Waals surface area contributed by atoms with Crippen LogP contribution in [0.15, 0.2) is 36.4 Å². The van der Waals surface area contributed by atoms with Crippen LogP contribution in [-0.2, 0) is 34.2 Å². The average molecular weight is 433 g/mol. The molecule has 1 aliphatic heterocycles. The van der Waals surface area contributed by atoms with Crippen LogP contribution in [0.1, 0.15) is 22.3 Å². The Kier molecular flexibility index (Phi) is 6.99. The number of benzene rings is 2. The minimum absolute atomic E-state index is 0.0856. The van der Waals surface area contributed by atoms with Crippen LogP contribution in [0.2, 0.25) is 0 Å². The molecule has 2 aromatic carbocycles. The number of methoxy groups -OCH3 is 2. The molecule has 0 radical (unpaired) electrons. The van der Waals surface area contributed by atoms with Gasteiger partial charge in [0.15, 0.2) is 11.5 Å². The molecule has 0 spiro atoms. The van der Waals surface area contributed by atoms with Crippen LogP contribution in [0.5, 0.6) is 11.5 Å². The topological polar surface area (TPSA) is 84.9 Å². The lowest BCUT2D eigenvalue weighted by Crippen LogP contribution is -2.40. The Morgan fingerprint density at radius 1 is 1.10 bits per heavy atom. The molecular formula is C22H28N2O5S. The lowest BCUT2D eigenvalue weighted by molar-refractivity contribution is -0.120. The van der Waals surface area contributed by atoms with Gasteiger partial charge in [0.1, 0.15) is 0 Å². The number of carbonyl (C=O) groups excluding carboxylic acids is 1. The molecule has 0 bridgehead atoms. The minimum atomic E-state index is -3.49. The second-order valence-electron chi connectivity index (χ2n) is 7.39. The van der Waals surface area contributed by atoms with Crippen LogP contribution in [0.25, 0.3) is 0 Å². The number of ether oxygens (including phenoxy) is 2. The van der Waals surface area contributed by atoms with Gasteiger partial charge in [-0.25, -0.2) is 8.42 Å². The predicted octanol–water partition coefficient (Wildman–Crippen LogP) is 2.06. The molecule has 0 aromatic heterocycles. The van der Waals surface area contributed by atoms with Gasteiger partial charge in [-0.05, 0) is 42.2 Å². The van der Waals surface area contributed by atoms with Crippen LogP contribution in [0.3, 0.4) is 0 Å². The van der Waals surface area contributed by atoms with E-state index in [1.807, 2.05) is 43.3 Å². The summed E-state index contributed by atoms with van der Waals surface area (Å²) in [6.07, 6.45) is 0.842. The summed E-state index contributed by atoms with van der Waals surface area (Å²) in [5.74, 6) is 0.911. The Hall–Kier alpha value is -2.58. The molecular weight excluding hydrogens is 404 g/mol. The van der Waals surface area contributed by atoms with Gasteiger partial charge in [-0.2, -0.15) is 4.31 Å². The minimum Gasteiger partial charge on any atom is -0.493 e. The molecule has 1 heterocycles. The number of nitrogens with zero attached hydrogens (tertiary/aromatic N) is 1. The number of hydrogen-bond donors (Lipinski definition) is 1. The van der Waals surface area contributed by atoms with Crippen molar-refractivity contribution in [1.29, 1.82) is 0 Å². The molecule has 7 nitrogen and oxygen atoms in total. The van der Waals surface area contributed by atoms with Crippen LogP contribution < -0.4 is 14.8 Å². The first-order chi connectivity index (χ1) is 14.3. The zero-order chi connectivity index (χ0) is 21.7. The molecule has 162 valence electrons. The second kappa shape index (κ2) is 9.49. The van der Waals surface area contributed by atoms with Gasteiger partial charge < -0.3 is 14.8 Å². The molecule has 1 N–H and O–H groups in total. The van der Waals surface area contributed by atoms with E-state index < -0.39 is 10.0 Å². The number of fused-ring (bicyclic) bond motifs is 1. The molecule has 30 heavy (non-hydrogen) atoms. The number of sulfonamides is 1. The van der Waals surface area contributed by atoms with Gasteiger partial charge in [0.25, 0.3) is 0 Å². The molecule has 0 saturated heterocycles. The second-order valence-corrected chi connectivity index (χ2v) is 9.48. The molecule has 8 heteroatoms. The third-order valence-corrected chi connectivity index (χ3v) is 7.02. The molecule has 1 amide bonds. The third-order valence-electron chi connectivity index (χ3n) is 5.21. The highest BCUT2D eigenvalue weighted by atomic mass is 32.2. The Balaban J connectivity index is 1.57. The predicted molar refractivity (Wildman–Crippen MR) is 115 cm³/mol. The smallest absolute Gasteiger partial charge is 0.224 e. The summed E-state index contributed by atoms with van der Waals surface area (Å²) in [5.41, 5.74) is 3.96. The van der Waals surface area contributed by atoms with E-state index in [0.29, 0.717) is 24.5 Å². The number of rotatable bonds is 8. The van der Waals surface area contributed by atoms with Crippen LogP contribution in [0, 0.1) is 6.92 Å². The third kappa shape index (κ3) is 5.31. The van der Waals surface area contributed by atoms with Crippen molar-refractivity contribution in [3.8, 4) is 11.5 Å². The Morgan fingerprint density at radius 2 is 1.80 bits per heavy atom. The quantitative estimate of drug-likeness (QED) is 0.690. The van der Waals surface area contributed by atoms with E-state index in [1.54, 1.807) is 14.2 Å². The van der Waals surface area contributed by atoms with Gasteiger partial charge >= 0.3 is 0 Å².